The molecule has 0 fully saturated rings. The molecule has 1 aromatic carbocycles. The minimum atomic E-state index is -0.453. The van der Waals surface area contributed by atoms with Crippen LogP contribution in [-0.4, -0.2) is 11.1 Å². The van der Waals surface area contributed by atoms with Crippen molar-refractivity contribution in [3.63, 3.8) is 0 Å². The van der Waals surface area contributed by atoms with Gasteiger partial charge in [-0.05, 0) is 44.0 Å². The fourth-order valence-corrected chi connectivity index (χ4v) is 1.86. The number of halogens is 2. The summed E-state index contributed by atoms with van der Waals surface area (Å²) in [6.45, 7) is 0. The monoisotopic (exact) mass is 387 g/mol. The van der Waals surface area contributed by atoms with E-state index in [-0.39, 0.29) is 5.69 Å². The molecule has 2 aromatic rings. The van der Waals surface area contributed by atoms with E-state index in [1.165, 1.54) is 18.3 Å². The quantitative estimate of drug-likeness (QED) is 0.484. The van der Waals surface area contributed by atoms with E-state index in [4.69, 9.17) is 4.42 Å². The van der Waals surface area contributed by atoms with Crippen LogP contribution in [0.15, 0.2) is 49.0 Å². The first-order valence-electron chi connectivity index (χ1n) is 5.04. The fraction of sp³-hybridized carbons (Fsp3) is 0. The first-order valence-corrected chi connectivity index (χ1v) is 6.63. The van der Waals surface area contributed by atoms with Gasteiger partial charge in [-0.25, -0.2) is 0 Å². The highest BCUT2D eigenvalue weighted by Gasteiger charge is 2.04. The van der Waals surface area contributed by atoms with E-state index in [0.29, 0.717) is 16.1 Å². The number of furan rings is 1. The maximum atomic E-state index is 10.5. The third-order valence-electron chi connectivity index (χ3n) is 2.13. The first kappa shape index (κ1) is 13.8. The zero-order chi connectivity index (χ0) is 13.8. The zero-order valence-corrected chi connectivity index (χ0v) is 12.5. The van der Waals surface area contributed by atoms with E-state index in [1.807, 2.05) is 0 Å². The predicted octanol–water partition coefficient (Wildman–Crippen LogP) is 4.16. The molecule has 0 bridgehead atoms. The first-order chi connectivity index (χ1) is 9.06. The van der Waals surface area contributed by atoms with Gasteiger partial charge >= 0.3 is 0 Å². The van der Waals surface area contributed by atoms with Crippen LogP contribution in [0.3, 0.4) is 0 Å². The second-order valence-electron chi connectivity index (χ2n) is 3.44. The standard InChI is InChI=1S/C11H7Br2N3O3/c12-10-5-9(19-11(10)13)6-14-15-7-1-3-8(4-2-7)16(17)18/h1-6,15H. The highest BCUT2D eigenvalue weighted by atomic mass is 79.9. The van der Waals surface area contributed by atoms with Gasteiger partial charge in [0.05, 0.1) is 21.3 Å². The number of rotatable bonds is 4. The average Bonchev–Trinajstić information content (AvgIpc) is 2.69. The minimum Gasteiger partial charge on any atom is -0.447 e. The Kier molecular flexibility index (Phi) is 4.33. The van der Waals surface area contributed by atoms with Crippen LogP contribution in [0.4, 0.5) is 11.4 Å². The van der Waals surface area contributed by atoms with Gasteiger partial charge in [-0.1, -0.05) is 0 Å². The molecule has 1 N–H and O–H groups in total. The van der Waals surface area contributed by atoms with E-state index >= 15 is 0 Å². The van der Waals surface area contributed by atoms with Crippen LogP contribution in [0.5, 0.6) is 0 Å². The summed E-state index contributed by atoms with van der Waals surface area (Å²) in [5.41, 5.74) is 3.42. The molecule has 6 nitrogen and oxygen atoms in total. The SMILES string of the molecule is O=[N+]([O-])c1ccc(NN=Cc2cc(Br)c(Br)o2)cc1. The van der Waals surface area contributed by atoms with Crippen molar-refractivity contribution in [2.24, 2.45) is 5.10 Å². The molecule has 0 unspecified atom stereocenters. The molecule has 2 rings (SSSR count). The molecule has 19 heavy (non-hydrogen) atoms. The number of anilines is 1. The van der Waals surface area contributed by atoms with Crippen molar-refractivity contribution in [3.05, 3.63) is 55.3 Å². The molecule has 0 radical (unpaired) electrons. The van der Waals surface area contributed by atoms with Crippen LogP contribution in [0.25, 0.3) is 0 Å². The molecule has 0 aliphatic heterocycles. The Morgan fingerprint density at radius 1 is 1.32 bits per heavy atom. The molecule has 0 aliphatic rings. The Morgan fingerprint density at radius 3 is 2.53 bits per heavy atom. The van der Waals surface area contributed by atoms with Gasteiger partial charge in [-0.3, -0.25) is 15.5 Å². The maximum Gasteiger partial charge on any atom is 0.269 e. The number of non-ortho nitro benzene ring substituents is 1. The minimum absolute atomic E-state index is 0.0356. The van der Waals surface area contributed by atoms with Gasteiger partial charge in [0.15, 0.2) is 4.67 Å². The topological polar surface area (TPSA) is 80.7 Å². The number of nitro benzene ring substituents is 1. The number of nitrogens with one attached hydrogen (secondary N) is 1. The lowest BCUT2D eigenvalue weighted by Crippen LogP contribution is -1.91. The van der Waals surface area contributed by atoms with Gasteiger partial charge in [0.2, 0.25) is 0 Å². The van der Waals surface area contributed by atoms with E-state index in [2.05, 4.69) is 42.4 Å². The van der Waals surface area contributed by atoms with Gasteiger partial charge in [0, 0.05) is 18.2 Å². The summed E-state index contributed by atoms with van der Waals surface area (Å²) in [6.07, 6.45) is 1.50. The lowest BCUT2D eigenvalue weighted by Gasteiger charge is -1.98. The highest BCUT2D eigenvalue weighted by molar-refractivity contribution is 9.13. The highest BCUT2D eigenvalue weighted by Crippen LogP contribution is 2.25. The summed E-state index contributed by atoms with van der Waals surface area (Å²) in [6, 6.07) is 7.70. The molecule has 0 saturated heterocycles. The molecule has 0 atom stereocenters. The van der Waals surface area contributed by atoms with E-state index in [9.17, 15) is 10.1 Å². The number of hydrazone groups is 1. The Hall–Kier alpha value is -1.67. The molecule has 0 spiro atoms. The number of nitrogens with zero attached hydrogens (tertiary/aromatic N) is 2. The Bertz CT molecular complexity index is 603. The van der Waals surface area contributed by atoms with Crippen molar-refractivity contribution >= 4 is 49.4 Å². The largest absolute Gasteiger partial charge is 0.447 e. The smallest absolute Gasteiger partial charge is 0.269 e. The van der Waals surface area contributed by atoms with E-state index in [0.717, 1.165) is 4.47 Å². The normalized spacial score (nSPS) is 10.8. The average molecular weight is 389 g/mol. The molecule has 8 heteroatoms. The van der Waals surface area contributed by atoms with E-state index in [1.54, 1.807) is 18.2 Å². The van der Waals surface area contributed by atoms with Gasteiger partial charge in [-0.2, -0.15) is 5.10 Å². The summed E-state index contributed by atoms with van der Waals surface area (Å²) in [7, 11) is 0. The predicted molar refractivity (Wildman–Crippen MR) is 78.4 cm³/mol. The number of nitro groups is 1. The van der Waals surface area contributed by atoms with Crippen LogP contribution in [0.1, 0.15) is 5.76 Å². The van der Waals surface area contributed by atoms with Crippen molar-refractivity contribution in [3.8, 4) is 0 Å². The van der Waals surface area contributed by atoms with Gasteiger partial charge < -0.3 is 4.42 Å². The summed E-state index contributed by atoms with van der Waals surface area (Å²) in [4.78, 5) is 10.0. The molecule has 1 heterocycles. The third kappa shape index (κ3) is 3.65. The summed E-state index contributed by atoms with van der Waals surface area (Å²) >= 11 is 6.50. The second kappa shape index (κ2) is 5.98. The molecule has 98 valence electrons. The number of benzene rings is 1. The van der Waals surface area contributed by atoms with Crippen LogP contribution in [-0.2, 0) is 0 Å². The van der Waals surface area contributed by atoms with Crippen molar-refractivity contribution < 1.29 is 9.34 Å². The summed E-state index contributed by atoms with van der Waals surface area (Å²) < 4.78 is 6.68. The van der Waals surface area contributed by atoms with Crippen LogP contribution in [0, 0.1) is 10.1 Å². The fourth-order valence-electron chi connectivity index (χ4n) is 1.26. The van der Waals surface area contributed by atoms with Crippen molar-refractivity contribution in [1.29, 1.82) is 0 Å². The maximum absolute atomic E-state index is 10.5. The Labute approximate surface area is 124 Å². The third-order valence-corrected chi connectivity index (χ3v) is 3.84. The van der Waals surface area contributed by atoms with Crippen LogP contribution >= 0.6 is 31.9 Å². The van der Waals surface area contributed by atoms with Crippen molar-refractivity contribution in [2.75, 3.05) is 5.43 Å². The molecule has 0 aliphatic carbocycles. The lowest BCUT2D eigenvalue weighted by molar-refractivity contribution is -0.384. The molecular formula is C11H7Br2N3O3. The van der Waals surface area contributed by atoms with E-state index < -0.39 is 4.92 Å². The van der Waals surface area contributed by atoms with Crippen molar-refractivity contribution in [2.45, 2.75) is 0 Å². The molecule has 1 aromatic heterocycles. The number of hydrogen-bond donors (Lipinski definition) is 1. The second-order valence-corrected chi connectivity index (χ2v) is 5.02. The molecule has 0 amide bonds. The lowest BCUT2D eigenvalue weighted by atomic mass is 10.3. The zero-order valence-electron chi connectivity index (χ0n) is 9.34. The summed E-state index contributed by atoms with van der Waals surface area (Å²) in [5.74, 6) is 0.563. The Morgan fingerprint density at radius 2 is 2.00 bits per heavy atom. The van der Waals surface area contributed by atoms with Crippen LogP contribution in [0.2, 0.25) is 0 Å². The van der Waals surface area contributed by atoms with Crippen molar-refractivity contribution in [1.82, 2.24) is 0 Å². The van der Waals surface area contributed by atoms with Crippen LogP contribution < -0.4 is 5.43 Å². The Balaban J connectivity index is 2.00. The van der Waals surface area contributed by atoms with Gasteiger partial charge in [-0.15, -0.1) is 0 Å². The van der Waals surface area contributed by atoms with Gasteiger partial charge in [0.1, 0.15) is 5.76 Å². The van der Waals surface area contributed by atoms with Gasteiger partial charge in [0.25, 0.3) is 5.69 Å². The molecular weight excluding hydrogens is 382 g/mol. The molecule has 0 saturated carbocycles. The number of hydrogen-bond acceptors (Lipinski definition) is 5. The summed E-state index contributed by atoms with van der Waals surface area (Å²) in [5, 5.41) is 14.4.